The van der Waals surface area contributed by atoms with Crippen molar-refractivity contribution in [1.82, 2.24) is 18.7 Å². The summed E-state index contributed by atoms with van der Waals surface area (Å²) in [5.41, 5.74) is 0.0550. The molecule has 15 heteroatoms. The smallest absolute Gasteiger partial charge is 0.271 e. The van der Waals surface area contributed by atoms with Crippen LogP contribution in [-0.4, -0.2) is 24.9 Å². The predicted molar refractivity (Wildman–Crippen MR) is 158 cm³/mol. The van der Waals surface area contributed by atoms with E-state index < -0.39 is 11.6 Å². The van der Waals surface area contributed by atoms with E-state index in [0.29, 0.717) is 36.4 Å². The number of benzene rings is 2. The fourth-order valence-electron chi connectivity index (χ4n) is 5.01. The summed E-state index contributed by atoms with van der Waals surface area (Å²) in [6.45, 7) is 9.53. The Bertz CT molecular complexity index is 1900. The standard InChI is InChI=1S/C14H10Cl2FN3O.C13H11Cl2FN2O.CO2/c1-18-11-6-8(10(17)7-9(11)15)12-13(16)19-4-2-3-5-20(19)14(12)21;14-8-3-4-9(10(16)7-8)11-12(15)17-5-1-2-6-18(17)13(11)19;2-1-3/h6-7H,2-5H2;3-4,7H,1-2,5-6H2;. The Kier molecular flexibility index (Phi) is 10.3. The van der Waals surface area contributed by atoms with Crippen LogP contribution in [0.3, 0.4) is 0 Å². The topological polar surface area (TPSA) is 92.4 Å². The molecule has 0 N–H and O–H groups in total. The number of nitrogens with zero attached hydrogens (tertiary/aromatic N) is 5. The normalized spacial score (nSPS) is 13.3. The van der Waals surface area contributed by atoms with Crippen molar-refractivity contribution in [2.24, 2.45) is 0 Å². The Morgan fingerprint density at radius 1 is 0.698 bits per heavy atom. The number of rotatable bonds is 2. The lowest BCUT2D eigenvalue weighted by Crippen LogP contribution is -2.27. The van der Waals surface area contributed by atoms with Gasteiger partial charge in [-0.15, -0.1) is 0 Å². The van der Waals surface area contributed by atoms with Crippen molar-refractivity contribution < 1.29 is 18.4 Å². The van der Waals surface area contributed by atoms with Crippen molar-refractivity contribution >= 4 is 58.2 Å². The van der Waals surface area contributed by atoms with Crippen molar-refractivity contribution in [3.63, 3.8) is 0 Å². The van der Waals surface area contributed by atoms with Gasteiger partial charge in [0.15, 0.2) is 0 Å². The summed E-state index contributed by atoms with van der Waals surface area (Å²) in [5, 5.41) is 0.815. The average molecular weight is 671 g/mol. The van der Waals surface area contributed by atoms with Crippen LogP contribution in [0.4, 0.5) is 14.5 Å². The quantitative estimate of drug-likeness (QED) is 0.213. The van der Waals surface area contributed by atoms with Gasteiger partial charge in [0.05, 0.1) is 17.7 Å². The fraction of sp³-hybridized carbons (Fsp3) is 0.286. The van der Waals surface area contributed by atoms with Crippen LogP contribution in [0.2, 0.25) is 20.4 Å². The molecule has 4 aromatic rings. The van der Waals surface area contributed by atoms with Crippen LogP contribution in [0.25, 0.3) is 27.1 Å². The lowest BCUT2D eigenvalue weighted by Gasteiger charge is -2.17. The second kappa shape index (κ2) is 13.8. The summed E-state index contributed by atoms with van der Waals surface area (Å²) in [6.07, 6.45) is 3.96. The molecule has 0 saturated heterocycles. The highest BCUT2D eigenvalue weighted by molar-refractivity contribution is 6.34. The highest BCUT2D eigenvalue weighted by Crippen LogP contribution is 2.36. The monoisotopic (exact) mass is 669 g/mol. The molecule has 0 saturated carbocycles. The lowest BCUT2D eigenvalue weighted by molar-refractivity contribution is -0.191. The molecule has 0 spiro atoms. The molecule has 2 aromatic heterocycles. The molecule has 0 aliphatic carbocycles. The van der Waals surface area contributed by atoms with E-state index in [2.05, 4.69) is 4.85 Å². The first-order chi connectivity index (χ1) is 20.5. The molecule has 9 nitrogen and oxygen atoms in total. The average Bonchev–Trinajstić information content (AvgIpc) is 3.39. The van der Waals surface area contributed by atoms with E-state index in [-0.39, 0.29) is 55.4 Å². The summed E-state index contributed by atoms with van der Waals surface area (Å²) < 4.78 is 34.6. The minimum Gasteiger partial charge on any atom is -0.271 e. The summed E-state index contributed by atoms with van der Waals surface area (Å²) in [4.78, 5) is 44.3. The van der Waals surface area contributed by atoms with Crippen LogP contribution in [0.15, 0.2) is 39.9 Å². The molecule has 6 rings (SSSR count). The van der Waals surface area contributed by atoms with Crippen LogP contribution >= 0.6 is 46.4 Å². The van der Waals surface area contributed by atoms with Gasteiger partial charge in [-0.05, 0) is 56.0 Å². The van der Waals surface area contributed by atoms with Gasteiger partial charge in [0, 0.05) is 47.4 Å². The second-order valence-corrected chi connectivity index (χ2v) is 11.0. The first-order valence-corrected chi connectivity index (χ1v) is 14.4. The van der Waals surface area contributed by atoms with E-state index >= 15 is 0 Å². The van der Waals surface area contributed by atoms with E-state index in [1.807, 2.05) is 0 Å². The summed E-state index contributed by atoms with van der Waals surface area (Å²) in [5.74, 6) is -1.19. The van der Waals surface area contributed by atoms with Gasteiger partial charge in [-0.25, -0.2) is 23.0 Å². The first kappa shape index (κ1) is 32.3. The van der Waals surface area contributed by atoms with Crippen molar-refractivity contribution in [2.45, 2.75) is 51.9 Å². The van der Waals surface area contributed by atoms with Crippen LogP contribution in [0.5, 0.6) is 0 Å². The van der Waals surface area contributed by atoms with Crippen LogP contribution in [0.1, 0.15) is 25.7 Å². The molecule has 2 aromatic carbocycles. The zero-order chi connectivity index (χ0) is 31.4. The number of aromatic nitrogens is 4. The third-order valence-corrected chi connectivity index (χ3v) is 8.26. The van der Waals surface area contributed by atoms with Crippen LogP contribution in [0, 0.1) is 18.2 Å². The Labute approximate surface area is 263 Å². The molecule has 0 bridgehead atoms. The minimum atomic E-state index is -0.657. The summed E-state index contributed by atoms with van der Waals surface area (Å²) in [6, 6.07) is 6.55. The number of carbonyl (C=O) groups excluding carboxylic acids is 2. The van der Waals surface area contributed by atoms with Crippen molar-refractivity contribution in [1.29, 1.82) is 0 Å². The van der Waals surface area contributed by atoms with Crippen molar-refractivity contribution in [3.05, 3.63) is 94.4 Å². The van der Waals surface area contributed by atoms with Crippen molar-refractivity contribution in [3.8, 4) is 22.3 Å². The number of halogens is 6. The molecular formula is C28H21Cl4F2N5O4. The fourth-order valence-corrected chi connectivity index (χ4v) is 6.08. The molecule has 224 valence electrons. The minimum absolute atomic E-state index is 0.0199. The molecule has 0 fully saturated rings. The Morgan fingerprint density at radius 2 is 1.14 bits per heavy atom. The maximum atomic E-state index is 14.2. The molecule has 0 amide bonds. The maximum absolute atomic E-state index is 14.2. The zero-order valence-corrected chi connectivity index (χ0v) is 25.2. The largest absolute Gasteiger partial charge is 0.373 e. The first-order valence-electron chi connectivity index (χ1n) is 12.8. The zero-order valence-electron chi connectivity index (χ0n) is 22.2. The number of hydrogen-bond acceptors (Lipinski definition) is 4. The van der Waals surface area contributed by atoms with E-state index in [1.165, 1.54) is 22.9 Å². The number of fused-ring (bicyclic) bond motifs is 2. The van der Waals surface area contributed by atoms with E-state index in [1.54, 1.807) is 20.1 Å². The lowest BCUT2D eigenvalue weighted by atomic mass is 10.1. The molecule has 0 radical (unpaired) electrons. The second-order valence-electron chi connectivity index (χ2n) is 9.45. The highest BCUT2D eigenvalue weighted by Gasteiger charge is 2.25. The number of hydrogen-bond donors (Lipinski definition) is 0. The predicted octanol–water partition coefficient (Wildman–Crippen LogP) is 7.08. The van der Waals surface area contributed by atoms with Gasteiger partial charge < -0.3 is 0 Å². The molecule has 43 heavy (non-hydrogen) atoms. The van der Waals surface area contributed by atoms with Gasteiger partial charge in [0.1, 0.15) is 21.9 Å². The highest BCUT2D eigenvalue weighted by atomic mass is 35.5. The third-order valence-electron chi connectivity index (χ3n) is 6.95. The SMILES string of the molecule is O=C=O.O=c1c(-c2ccc(Cl)cc2F)c(Cl)n2n1CCCC2.[C-]#[N+]c1cc(-c2c(Cl)n3n(c2=O)CCCC3)c(F)cc1Cl. The molecule has 2 aliphatic rings. The molecule has 0 unspecified atom stereocenters. The van der Waals surface area contributed by atoms with Crippen molar-refractivity contribution in [2.75, 3.05) is 0 Å². The van der Waals surface area contributed by atoms with Crippen LogP contribution < -0.4 is 11.1 Å². The Morgan fingerprint density at radius 3 is 1.58 bits per heavy atom. The Hall–Kier alpha value is -3.65. The van der Waals surface area contributed by atoms with Gasteiger partial charge in [-0.2, -0.15) is 9.59 Å². The molecule has 0 atom stereocenters. The van der Waals surface area contributed by atoms with Crippen LogP contribution in [-0.2, 0) is 35.8 Å². The summed E-state index contributed by atoms with van der Waals surface area (Å²) >= 11 is 24.0. The van der Waals surface area contributed by atoms with Gasteiger partial charge >= 0.3 is 6.15 Å². The van der Waals surface area contributed by atoms with E-state index in [0.717, 1.165) is 31.7 Å². The van der Waals surface area contributed by atoms with E-state index in [4.69, 9.17) is 62.6 Å². The van der Waals surface area contributed by atoms with Gasteiger partial charge in [-0.3, -0.25) is 19.0 Å². The van der Waals surface area contributed by atoms with E-state index in [9.17, 15) is 18.4 Å². The maximum Gasteiger partial charge on any atom is 0.373 e. The van der Waals surface area contributed by atoms with Gasteiger partial charge in [0.25, 0.3) is 11.1 Å². The molecule has 4 heterocycles. The Balaban J connectivity index is 0.000000181. The molecular weight excluding hydrogens is 650 g/mol. The van der Waals surface area contributed by atoms with Gasteiger partial charge in [0.2, 0.25) is 5.69 Å². The van der Waals surface area contributed by atoms with Gasteiger partial charge in [-0.1, -0.05) is 46.4 Å². The summed E-state index contributed by atoms with van der Waals surface area (Å²) in [7, 11) is 0. The molecule has 2 aliphatic heterocycles. The third kappa shape index (κ3) is 6.35.